The van der Waals surface area contributed by atoms with Gasteiger partial charge in [0.15, 0.2) is 28.9 Å². The third-order valence-electron chi connectivity index (χ3n) is 10.2. The van der Waals surface area contributed by atoms with Crippen molar-refractivity contribution in [3.8, 4) is 67.9 Å². The van der Waals surface area contributed by atoms with Gasteiger partial charge < -0.3 is 4.42 Å². The normalized spacial score (nSPS) is 11.6. The van der Waals surface area contributed by atoms with E-state index in [4.69, 9.17) is 29.3 Å². The van der Waals surface area contributed by atoms with Gasteiger partial charge in [-0.05, 0) is 41.5 Å². The van der Waals surface area contributed by atoms with Crippen LogP contribution in [0.2, 0.25) is 0 Å². The van der Waals surface area contributed by atoms with Gasteiger partial charge >= 0.3 is 0 Å². The summed E-state index contributed by atoms with van der Waals surface area (Å²) < 4.78 is 8.62. The van der Waals surface area contributed by atoms with E-state index in [0.717, 1.165) is 81.3 Å². The fourth-order valence-corrected chi connectivity index (χ4v) is 8.64. The molecule has 0 radical (unpaired) electrons. The van der Waals surface area contributed by atoms with E-state index >= 15 is 0 Å². The average molecular weight is 736 g/mol. The Morgan fingerprint density at radius 2 is 0.982 bits per heavy atom. The number of furan rings is 1. The molecule has 7 aromatic carbocycles. The summed E-state index contributed by atoms with van der Waals surface area (Å²) >= 11 is 1.74. The summed E-state index contributed by atoms with van der Waals surface area (Å²) in [6.45, 7) is 0. The molecule has 0 spiro atoms. The van der Waals surface area contributed by atoms with E-state index in [1.54, 1.807) is 11.3 Å². The lowest BCUT2D eigenvalue weighted by atomic mass is 10.0. The molecular weight excluding hydrogens is 707 g/mol. The van der Waals surface area contributed by atoms with E-state index in [-0.39, 0.29) is 0 Å². The summed E-state index contributed by atoms with van der Waals surface area (Å²) in [6.07, 6.45) is 0. The molecule has 0 atom stereocenters. The van der Waals surface area contributed by atoms with Crippen molar-refractivity contribution < 1.29 is 4.42 Å². The van der Waals surface area contributed by atoms with Crippen LogP contribution in [-0.4, -0.2) is 24.9 Å². The van der Waals surface area contributed by atoms with Gasteiger partial charge in [0.1, 0.15) is 16.8 Å². The van der Waals surface area contributed by atoms with Gasteiger partial charge in [0, 0.05) is 53.4 Å². The topological polar surface area (TPSA) is 77.6 Å². The van der Waals surface area contributed by atoms with Gasteiger partial charge in [-0.25, -0.2) is 24.9 Å². The Balaban J connectivity index is 1.08. The van der Waals surface area contributed by atoms with Gasteiger partial charge in [0.05, 0.1) is 0 Å². The average Bonchev–Trinajstić information content (AvgIpc) is 3.85. The Bertz CT molecular complexity index is 3250. The molecule has 0 amide bonds. The highest BCUT2D eigenvalue weighted by atomic mass is 32.1. The summed E-state index contributed by atoms with van der Waals surface area (Å²) in [6, 6.07) is 60.0. The summed E-state index contributed by atoms with van der Waals surface area (Å²) in [7, 11) is 0. The highest BCUT2D eigenvalue weighted by Gasteiger charge is 2.20. The predicted octanol–water partition coefficient (Wildman–Crippen LogP) is 12.9. The van der Waals surface area contributed by atoms with Crippen molar-refractivity contribution in [2.24, 2.45) is 0 Å². The lowest BCUT2D eigenvalue weighted by Crippen LogP contribution is -2.00. The lowest BCUT2D eigenvalue weighted by Gasteiger charge is -2.10. The van der Waals surface area contributed by atoms with Crippen LogP contribution in [0, 0.1) is 0 Å². The van der Waals surface area contributed by atoms with Crippen LogP contribution in [0.1, 0.15) is 0 Å². The van der Waals surface area contributed by atoms with E-state index in [0.29, 0.717) is 28.9 Å². The number of benzene rings is 7. The largest absolute Gasteiger partial charge is 0.452 e. The molecule has 4 heterocycles. The minimum atomic E-state index is 0.624. The maximum Gasteiger partial charge on any atom is 0.180 e. The van der Waals surface area contributed by atoms with E-state index in [9.17, 15) is 0 Å². The van der Waals surface area contributed by atoms with Crippen molar-refractivity contribution in [3.63, 3.8) is 0 Å². The Kier molecular flexibility index (Phi) is 7.57. The number of aromatic nitrogens is 5. The van der Waals surface area contributed by atoms with Gasteiger partial charge in [-0.3, -0.25) is 0 Å². The molecule has 0 unspecified atom stereocenters. The number of hydrogen-bond donors (Lipinski definition) is 0. The molecule has 11 rings (SSSR count). The molecule has 6 nitrogen and oxygen atoms in total. The second-order valence-electron chi connectivity index (χ2n) is 13.6. The molecule has 56 heavy (non-hydrogen) atoms. The van der Waals surface area contributed by atoms with E-state index < -0.39 is 0 Å². The molecule has 0 fully saturated rings. The second kappa shape index (κ2) is 13.2. The maximum absolute atomic E-state index is 6.35. The molecule has 0 N–H and O–H groups in total. The summed E-state index contributed by atoms with van der Waals surface area (Å²) in [4.78, 5) is 25.6. The third kappa shape index (κ3) is 5.52. The Morgan fingerprint density at radius 3 is 1.79 bits per heavy atom. The van der Waals surface area contributed by atoms with Crippen LogP contribution in [-0.2, 0) is 0 Å². The number of thiophene rings is 1. The van der Waals surface area contributed by atoms with Crippen LogP contribution in [0.25, 0.3) is 110 Å². The van der Waals surface area contributed by atoms with Crippen molar-refractivity contribution in [1.29, 1.82) is 0 Å². The monoisotopic (exact) mass is 735 g/mol. The molecule has 4 aromatic heterocycles. The van der Waals surface area contributed by atoms with Gasteiger partial charge in [0.25, 0.3) is 0 Å². The first-order chi connectivity index (χ1) is 27.7. The van der Waals surface area contributed by atoms with Crippen LogP contribution < -0.4 is 0 Å². The molecular formula is C49H29N5OS. The summed E-state index contributed by atoms with van der Waals surface area (Å²) in [5.74, 6) is 2.53. The molecule has 0 saturated heterocycles. The van der Waals surface area contributed by atoms with Crippen molar-refractivity contribution in [1.82, 2.24) is 24.9 Å². The maximum atomic E-state index is 6.35. The van der Waals surface area contributed by atoms with E-state index in [1.165, 1.54) is 0 Å². The third-order valence-corrected chi connectivity index (χ3v) is 11.3. The Morgan fingerprint density at radius 1 is 0.375 bits per heavy atom. The molecule has 7 heteroatoms. The number of hydrogen-bond acceptors (Lipinski definition) is 7. The quantitative estimate of drug-likeness (QED) is 0.169. The predicted molar refractivity (Wildman–Crippen MR) is 228 cm³/mol. The van der Waals surface area contributed by atoms with Crippen LogP contribution >= 0.6 is 11.3 Å². The first-order valence-electron chi connectivity index (χ1n) is 18.4. The standard InChI is InChI=1S/C49H29N5OS/c1-4-14-30(15-5-1)33-20-12-21-34(28-33)48-52-46(32-18-8-3-9-19-32)53-49(54-48)38-23-13-25-40-42(38)37-27-26-35(29-41(37)56-40)47-50-43(31-16-6-2-7-17-31)45-44(51-47)36-22-10-11-24-39(36)55-45/h1-29H. The highest BCUT2D eigenvalue weighted by Crippen LogP contribution is 2.42. The number of rotatable bonds is 6. The van der Waals surface area contributed by atoms with Gasteiger partial charge in [0.2, 0.25) is 0 Å². The molecule has 11 aromatic rings. The van der Waals surface area contributed by atoms with Crippen molar-refractivity contribution in [2.75, 3.05) is 0 Å². The number of nitrogens with zero attached hydrogens (tertiary/aromatic N) is 5. The van der Waals surface area contributed by atoms with Crippen LogP contribution in [0.15, 0.2) is 180 Å². The van der Waals surface area contributed by atoms with Crippen LogP contribution in [0.5, 0.6) is 0 Å². The Hall–Kier alpha value is -7.35. The van der Waals surface area contributed by atoms with Crippen molar-refractivity contribution in [3.05, 3.63) is 176 Å². The first-order valence-corrected chi connectivity index (χ1v) is 19.2. The zero-order valence-corrected chi connectivity index (χ0v) is 30.6. The minimum Gasteiger partial charge on any atom is -0.452 e. The number of fused-ring (bicyclic) bond motifs is 6. The molecule has 0 aliphatic rings. The minimum absolute atomic E-state index is 0.624. The fraction of sp³-hybridized carbons (Fsp3) is 0. The summed E-state index contributed by atoms with van der Waals surface area (Å²) in [5.41, 5.74) is 10.0. The molecule has 0 aliphatic carbocycles. The van der Waals surface area contributed by atoms with Crippen molar-refractivity contribution in [2.45, 2.75) is 0 Å². The van der Waals surface area contributed by atoms with Crippen molar-refractivity contribution >= 4 is 53.6 Å². The van der Waals surface area contributed by atoms with Crippen LogP contribution in [0.4, 0.5) is 0 Å². The lowest BCUT2D eigenvalue weighted by molar-refractivity contribution is 0.667. The second-order valence-corrected chi connectivity index (χ2v) is 14.7. The van der Waals surface area contributed by atoms with Gasteiger partial charge in [-0.15, -0.1) is 11.3 Å². The zero-order valence-electron chi connectivity index (χ0n) is 29.8. The number of para-hydroxylation sites is 1. The van der Waals surface area contributed by atoms with Crippen LogP contribution in [0.3, 0.4) is 0 Å². The molecule has 0 bridgehead atoms. The van der Waals surface area contributed by atoms with E-state index in [2.05, 4.69) is 103 Å². The summed E-state index contributed by atoms with van der Waals surface area (Å²) in [5, 5.41) is 3.20. The van der Waals surface area contributed by atoms with Gasteiger partial charge in [-0.2, -0.15) is 0 Å². The smallest absolute Gasteiger partial charge is 0.180 e. The van der Waals surface area contributed by atoms with Gasteiger partial charge in [-0.1, -0.05) is 146 Å². The molecule has 0 saturated carbocycles. The molecule has 262 valence electrons. The fourth-order valence-electron chi connectivity index (χ4n) is 7.47. The zero-order chi connectivity index (χ0) is 37.0. The highest BCUT2D eigenvalue weighted by molar-refractivity contribution is 7.26. The van der Waals surface area contributed by atoms with E-state index in [1.807, 2.05) is 72.8 Å². The molecule has 0 aliphatic heterocycles. The SMILES string of the molecule is c1ccc(-c2cccc(-c3nc(-c4ccccc4)nc(-c4cccc5sc6cc(-c7nc(-c8ccccc8)c8oc9ccccc9c8n7)ccc6c45)n3)c2)cc1. The Labute approximate surface area is 325 Å². The first kappa shape index (κ1) is 32.1.